The van der Waals surface area contributed by atoms with Gasteiger partial charge in [-0.15, -0.1) is 0 Å². The molecule has 0 fully saturated rings. The Bertz CT molecular complexity index is 2980. The molecule has 1 unspecified atom stereocenters. The maximum Gasteiger partial charge on any atom is 0.0702 e. The standard InChI is InChI=1S/C55H40N2/c1-55(2)49-21-8-7-17-43(49)44-26-25-37(34-50(44)55)53-45-18-5-6-19-46(45)54(47-27-24-36(33-48(47)53)42-20-13-15-35-14-3-4-16-41(35)42)40-31-38(51-22-9-11-28-56-51)30-39(32-40)52-23-10-12-29-57-52/h3-34,41-42H,1-2H3/t41?,42-/m1/s1. The number of fused-ring (bicyclic) bond motifs is 6. The molecule has 6 aromatic carbocycles. The van der Waals surface area contributed by atoms with Crippen LogP contribution in [0.25, 0.3) is 77.4 Å². The van der Waals surface area contributed by atoms with E-state index in [1.807, 2.05) is 24.5 Å². The highest BCUT2D eigenvalue weighted by molar-refractivity contribution is 6.22. The van der Waals surface area contributed by atoms with Crippen molar-refractivity contribution in [2.24, 2.45) is 5.92 Å². The van der Waals surface area contributed by atoms with Gasteiger partial charge >= 0.3 is 0 Å². The third-order valence-electron chi connectivity index (χ3n) is 12.5. The minimum absolute atomic E-state index is 0.108. The van der Waals surface area contributed by atoms with Crippen LogP contribution in [0.15, 0.2) is 200 Å². The lowest BCUT2D eigenvalue weighted by Crippen LogP contribution is -2.15. The van der Waals surface area contributed by atoms with Crippen molar-refractivity contribution in [2.45, 2.75) is 25.2 Å². The van der Waals surface area contributed by atoms with Crippen molar-refractivity contribution in [1.82, 2.24) is 9.97 Å². The molecule has 2 atom stereocenters. The van der Waals surface area contributed by atoms with E-state index >= 15 is 0 Å². The van der Waals surface area contributed by atoms with Gasteiger partial charge in [0.25, 0.3) is 0 Å². The molecule has 0 bridgehead atoms. The van der Waals surface area contributed by atoms with Crippen molar-refractivity contribution in [3.8, 4) is 55.9 Å². The first-order chi connectivity index (χ1) is 28.0. The molecule has 270 valence electrons. The van der Waals surface area contributed by atoms with Crippen molar-refractivity contribution in [2.75, 3.05) is 0 Å². The molecule has 0 saturated heterocycles. The summed E-state index contributed by atoms with van der Waals surface area (Å²) in [6.07, 6.45) is 19.6. The van der Waals surface area contributed by atoms with Gasteiger partial charge in [-0.3, -0.25) is 9.97 Å². The van der Waals surface area contributed by atoms with Crippen molar-refractivity contribution < 1.29 is 0 Å². The fourth-order valence-corrected chi connectivity index (χ4v) is 9.81. The fraction of sp³-hybridized carbons (Fsp3) is 0.0909. The van der Waals surface area contributed by atoms with Crippen molar-refractivity contribution >= 4 is 21.5 Å². The molecule has 0 aliphatic heterocycles. The SMILES string of the molecule is CC1(C)c2ccccc2-c2ccc(-c3c4ccccc4c(-c4cc(-c5ccccn5)cc(-c5ccccn5)c4)c4ccc([C@H]5C=CC=C6C=CC=CC65)cc34)cc21. The summed E-state index contributed by atoms with van der Waals surface area (Å²) in [4.78, 5) is 9.61. The molecule has 3 aliphatic carbocycles. The molecule has 57 heavy (non-hydrogen) atoms. The first-order valence-electron chi connectivity index (χ1n) is 20.0. The molecule has 2 aromatic heterocycles. The maximum atomic E-state index is 4.81. The third-order valence-corrected chi connectivity index (χ3v) is 12.5. The lowest BCUT2D eigenvalue weighted by Gasteiger charge is -2.28. The van der Waals surface area contributed by atoms with E-state index in [0.29, 0.717) is 5.92 Å². The highest BCUT2D eigenvalue weighted by Gasteiger charge is 2.35. The van der Waals surface area contributed by atoms with Crippen LogP contribution in [0.5, 0.6) is 0 Å². The molecule has 0 saturated carbocycles. The molecule has 0 amide bonds. The summed E-state index contributed by atoms with van der Waals surface area (Å²) in [6, 6.07) is 51.5. The van der Waals surface area contributed by atoms with Gasteiger partial charge in [0.05, 0.1) is 11.4 Å². The molecule has 3 aliphatic rings. The Morgan fingerprint density at radius 2 is 1.09 bits per heavy atom. The van der Waals surface area contributed by atoms with Crippen LogP contribution in [0, 0.1) is 5.92 Å². The van der Waals surface area contributed by atoms with E-state index < -0.39 is 0 Å². The second kappa shape index (κ2) is 13.1. The molecule has 11 rings (SSSR count). The Kier molecular flexibility index (Phi) is 7.69. The number of pyridine rings is 2. The van der Waals surface area contributed by atoms with E-state index in [1.165, 1.54) is 71.6 Å². The van der Waals surface area contributed by atoms with Crippen LogP contribution >= 0.6 is 0 Å². The van der Waals surface area contributed by atoms with E-state index in [9.17, 15) is 0 Å². The molecular formula is C55H40N2. The van der Waals surface area contributed by atoms with E-state index in [1.54, 1.807) is 0 Å². The summed E-state index contributed by atoms with van der Waals surface area (Å²) in [7, 11) is 0. The summed E-state index contributed by atoms with van der Waals surface area (Å²) >= 11 is 0. The highest BCUT2D eigenvalue weighted by Crippen LogP contribution is 2.52. The molecule has 2 heteroatoms. The molecule has 0 radical (unpaired) electrons. The Balaban J connectivity index is 1.21. The van der Waals surface area contributed by atoms with Gasteiger partial charge in [0.2, 0.25) is 0 Å². The predicted molar refractivity (Wildman–Crippen MR) is 238 cm³/mol. The summed E-state index contributed by atoms with van der Waals surface area (Å²) in [6.45, 7) is 4.75. The topological polar surface area (TPSA) is 25.8 Å². The molecule has 0 N–H and O–H groups in total. The maximum absolute atomic E-state index is 4.81. The van der Waals surface area contributed by atoms with Gasteiger partial charge < -0.3 is 0 Å². The Morgan fingerprint density at radius 1 is 0.456 bits per heavy atom. The first-order valence-corrected chi connectivity index (χ1v) is 20.0. The quantitative estimate of drug-likeness (QED) is 0.165. The van der Waals surface area contributed by atoms with Gasteiger partial charge in [-0.2, -0.15) is 0 Å². The molecule has 2 nitrogen and oxygen atoms in total. The summed E-state index contributed by atoms with van der Waals surface area (Å²) in [5.74, 6) is 0.533. The highest BCUT2D eigenvalue weighted by atomic mass is 14.7. The second-order valence-corrected chi connectivity index (χ2v) is 16.1. The zero-order chi connectivity index (χ0) is 38.1. The summed E-state index contributed by atoms with van der Waals surface area (Å²) in [5.41, 5.74) is 16.9. The van der Waals surface area contributed by atoms with E-state index in [2.05, 4.69) is 184 Å². The van der Waals surface area contributed by atoms with E-state index in [-0.39, 0.29) is 11.3 Å². The largest absolute Gasteiger partial charge is 0.256 e. The Labute approximate surface area is 333 Å². The van der Waals surface area contributed by atoms with Crippen molar-refractivity contribution in [1.29, 1.82) is 0 Å². The van der Waals surface area contributed by atoms with Crippen LogP contribution in [0.2, 0.25) is 0 Å². The van der Waals surface area contributed by atoms with E-state index in [4.69, 9.17) is 9.97 Å². The number of aromatic nitrogens is 2. The van der Waals surface area contributed by atoms with Crippen LogP contribution in [-0.2, 0) is 5.41 Å². The fourth-order valence-electron chi connectivity index (χ4n) is 9.81. The van der Waals surface area contributed by atoms with Gasteiger partial charge in [0, 0.05) is 40.8 Å². The minimum Gasteiger partial charge on any atom is -0.256 e. The van der Waals surface area contributed by atoms with Crippen LogP contribution in [0.1, 0.15) is 36.5 Å². The van der Waals surface area contributed by atoms with Crippen LogP contribution in [0.4, 0.5) is 0 Å². The third kappa shape index (κ3) is 5.39. The zero-order valence-corrected chi connectivity index (χ0v) is 32.0. The normalized spacial score (nSPS) is 17.3. The summed E-state index contributed by atoms with van der Waals surface area (Å²) in [5, 5.41) is 4.96. The monoisotopic (exact) mass is 728 g/mol. The van der Waals surface area contributed by atoms with Crippen LogP contribution in [-0.4, -0.2) is 9.97 Å². The lowest BCUT2D eigenvalue weighted by atomic mass is 9.75. The smallest absolute Gasteiger partial charge is 0.0702 e. The number of nitrogens with zero attached hydrogens (tertiary/aromatic N) is 2. The van der Waals surface area contributed by atoms with Gasteiger partial charge in [-0.1, -0.05) is 141 Å². The first kappa shape index (κ1) is 33.4. The predicted octanol–water partition coefficient (Wildman–Crippen LogP) is 14.1. The van der Waals surface area contributed by atoms with Gasteiger partial charge in [0.15, 0.2) is 0 Å². The number of allylic oxidation sites excluding steroid dienone is 8. The van der Waals surface area contributed by atoms with Crippen LogP contribution in [0.3, 0.4) is 0 Å². The minimum atomic E-state index is -0.108. The Hall–Kier alpha value is -6.90. The Morgan fingerprint density at radius 3 is 1.82 bits per heavy atom. The van der Waals surface area contributed by atoms with Gasteiger partial charge in [-0.25, -0.2) is 0 Å². The van der Waals surface area contributed by atoms with Gasteiger partial charge in [-0.05, 0) is 132 Å². The average Bonchev–Trinajstić information content (AvgIpc) is 3.50. The molecule has 0 spiro atoms. The molecular weight excluding hydrogens is 689 g/mol. The van der Waals surface area contributed by atoms with Crippen molar-refractivity contribution in [3.63, 3.8) is 0 Å². The molecule has 8 aromatic rings. The van der Waals surface area contributed by atoms with Gasteiger partial charge in [0.1, 0.15) is 0 Å². The number of rotatable bonds is 5. The molecule has 2 heterocycles. The van der Waals surface area contributed by atoms with Crippen LogP contribution < -0.4 is 0 Å². The number of benzene rings is 6. The van der Waals surface area contributed by atoms with E-state index in [0.717, 1.165) is 28.1 Å². The number of hydrogen-bond acceptors (Lipinski definition) is 2. The average molecular weight is 729 g/mol. The zero-order valence-electron chi connectivity index (χ0n) is 32.0. The number of hydrogen-bond donors (Lipinski definition) is 0. The summed E-state index contributed by atoms with van der Waals surface area (Å²) < 4.78 is 0. The lowest BCUT2D eigenvalue weighted by molar-refractivity contribution is 0.660. The second-order valence-electron chi connectivity index (χ2n) is 16.1. The van der Waals surface area contributed by atoms with Crippen molar-refractivity contribution in [3.05, 3.63) is 217 Å².